The molecule has 4 aromatic heterocycles. The van der Waals surface area contributed by atoms with Gasteiger partial charge in [0.25, 0.3) is 0 Å². The van der Waals surface area contributed by atoms with Crippen molar-refractivity contribution in [3.63, 3.8) is 0 Å². The number of ether oxygens (including phenoxy) is 2. The zero-order valence-corrected chi connectivity index (χ0v) is 31.0. The summed E-state index contributed by atoms with van der Waals surface area (Å²) in [5.41, 5.74) is 6.00. The van der Waals surface area contributed by atoms with Gasteiger partial charge >= 0.3 is 0 Å². The van der Waals surface area contributed by atoms with E-state index >= 15 is 0 Å². The van der Waals surface area contributed by atoms with Crippen molar-refractivity contribution < 1.29 is 9.47 Å². The highest BCUT2D eigenvalue weighted by molar-refractivity contribution is 7.27. The van der Waals surface area contributed by atoms with Gasteiger partial charge < -0.3 is 9.47 Å². The number of nitriles is 4. The maximum absolute atomic E-state index is 9.44. The Morgan fingerprint density at radius 3 is 1.72 bits per heavy atom. The van der Waals surface area contributed by atoms with Crippen LogP contribution >= 0.6 is 45.3 Å². The van der Waals surface area contributed by atoms with E-state index in [1.165, 1.54) is 69.2 Å². The van der Waals surface area contributed by atoms with E-state index in [-0.39, 0.29) is 22.0 Å². The van der Waals surface area contributed by atoms with Gasteiger partial charge in [0.2, 0.25) is 0 Å². The van der Waals surface area contributed by atoms with E-state index in [4.69, 9.17) is 9.47 Å². The topological polar surface area (TPSA) is 114 Å². The predicted octanol–water partition coefficient (Wildman–Crippen LogP) is 11.5. The maximum Gasteiger partial charge on any atom is 0.138 e. The average molecular weight is 729 g/mol. The summed E-state index contributed by atoms with van der Waals surface area (Å²) in [7, 11) is 3.40. The van der Waals surface area contributed by atoms with Crippen molar-refractivity contribution in [2.45, 2.75) is 75.0 Å². The molecule has 0 aromatic carbocycles. The first kappa shape index (κ1) is 32.8. The Morgan fingerprint density at radius 1 is 0.620 bits per heavy atom. The third-order valence-electron chi connectivity index (χ3n) is 10.9. The summed E-state index contributed by atoms with van der Waals surface area (Å²) in [6.07, 6.45) is 17.5. The molecule has 4 aliphatic carbocycles. The first-order chi connectivity index (χ1) is 24.4. The van der Waals surface area contributed by atoms with E-state index in [1.807, 2.05) is 59.1 Å². The van der Waals surface area contributed by atoms with Crippen LogP contribution in [0.3, 0.4) is 0 Å². The van der Waals surface area contributed by atoms with Crippen LogP contribution in [0.5, 0.6) is 11.5 Å². The molecule has 6 nitrogen and oxygen atoms in total. The summed E-state index contributed by atoms with van der Waals surface area (Å²) >= 11 is 7.01. The minimum atomic E-state index is -0.0944. The van der Waals surface area contributed by atoms with Crippen LogP contribution in [-0.2, 0) is 10.8 Å². The Kier molecular flexibility index (Phi) is 8.34. The Bertz CT molecular complexity index is 2290. The second-order valence-corrected chi connectivity index (χ2v) is 17.7. The fourth-order valence-corrected chi connectivity index (χ4v) is 14.1. The molecule has 50 heavy (non-hydrogen) atoms. The van der Waals surface area contributed by atoms with Crippen molar-refractivity contribution in [1.29, 1.82) is 21.0 Å². The molecular weight excluding hydrogens is 697 g/mol. The second kappa shape index (κ2) is 12.7. The second-order valence-electron chi connectivity index (χ2n) is 13.4. The van der Waals surface area contributed by atoms with E-state index < -0.39 is 0 Å². The molecule has 0 N–H and O–H groups in total. The fraction of sp³-hybridized carbons (Fsp3) is 0.350. The molecule has 4 heterocycles. The van der Waals surface area contributed by atoms with E-state index in [0.29, 0.717) is 0 Å². The van der Waals surface area contributed by atoms with E-state index in [1.54, 1.807) is 60.2 Å². The number of allylic oxidation sites excluding steroid dienone is 3. The molecule has 2 spiro atoms. The summed E-state index contributed by atoms with van der Waals surface area (Å²) < 4.78 is 11.8. The molecule has 10 heteroatoms. The fourth-order valence-electron chi connectivity index (χ4n) is 8.89. The van der Waals surface area contributed by atoms with Crippen molar-refractivity contribution in [3.05, 3.63) is 65.5 Å². The molecule has 4 aliphatic rings. The van der Waals surface area contributed by atoms with Crippen molar-refractivity contribution in [2.24, 2.45) is 0 Å². The monoisotopic (exact) mass is 728 g/mol. The van der Waals surface area contributed by atoms with Gasteiger partial charge in [-0.05, 0) is 84.4 Å². The van der Waals surface area contributed by atoms with Gasteiger partial charge in [-0.25, -0.2) is 0 Å². The zero-order chi connectivity index (χ0) is 34.6. The summed E-state index contributed by atoms with van der Waals surface area (Å²) in [5, 5.41) is 37.6. The Hall–Kier alpha value is -4.42. The van der Waals surface area contributed by atoms with Crippen LogP contribution in [0, 0.1) is 45.3 Å². The van der Waals surface area contributed by atoms with E-state index in [9.17, 15) is 21.0 Å². The largest absolute Gasteiger partial charge is 0.495 e. The normalized spacial score (nSPS) is 17.4. The molecule has 0 bridgehead atoms. The van der Waals surface area contributed by atoms with Crippen LogP contribution in [0.4, 0.5) is 0 Å². The van der Waals surface area contributed by atoms with Gasteiger partial charge in [0.05, 0.1) is 24.0 Å². The van der Waals surface area contributed by atoms with Gasteiger partial charge in [0.1, 0.15) is 46.9 Å². The molecule has 0 aliphatic heterocycles. The molecule has 0 atom stereocenters. The van der Waals surface area contributed by atoms with E-state index in [0.717, 1.165) is 56.7 Å². The molecule has 0 saturated heterocycles. The maximum atomic E-state index is 9.44. The van der Waals surface area contributed by atoms with Crippen LogP contribution in [-0.4, -0.2) is 14.2 Å². The molecule has 4 aromatic rings. The highest BCUT2D eigenvalue weighted by atomic mass is 32.1. The molecule has 2 fully saturated rings. The number of nitrogens with zero attached hydrogens (tertiary/aromatic N) is 4. The lowest BCUT2D eigenvalue weighted by atomic mass is 9.61. The zero-order valence-electron chi connectivity index (χ0n) is 27.8. The van der Waals surface area contributed by atoms with Gasteiger partial charge in [-0.1, -0.05) is 38.5 Å². The quantitative estimate of drug-likeness (QED) is 0.183. The first-order valence-corrected chi connectivity index (χ1v) is 20.1. The standard InChI is InChI=1S/C40H32N4O2S4/c1-45-29-15-25(13-23(19-41)20-42)47-35(29)27-17-31-33(39(27)9-5-3-6-10-39)34-38(49-31)36-28(40(34)11-7-4-8-12-40)18-32(50-36)37-30(46-2)16-26(48-37)14-24(21-43)22-44/h13-18H,3-12H2,1-2H3. The summed E-state index contributed by atoms with van der Waals surface area (Å²) in [6.45, 7) is 0. The van der Waals surface area contributed by atoms with Gasteiger partial charge in [-0.15, -0.1) is 45.3 Å². The van der Waals surface area contributed by atoms with Crippen LogP contribution in [0.2, 0.25) is 0 Å². The smallest absolute Gasteiger partial charge is 0.138 e. The van der Waals surface area contributed by atoms with Crippen LogP contribution in [0.25, 0.3) is 43.3 Å². The third-order valence-corrected chi connectivity index (χ3v) is 15.7. The summed E-state index contributed by atoms with van der Waals surface area (Å²) in [5.74, 6) is 1.58. The Morgan fingerprint density at radius 2 is 1.16 bits per heavy atom. The Labute approximate surface area is 308 Å². The predicted molar refractivity (Wildman–Crippen MR) is 203 cm³/mol. The average Bonchev–Trinajstić information content (AvgIpc) is 3.99. The van der Waals surface area contributed by atoms with Crippen LogP contribution in [0.15, 0.2) is 29.3 Å². The van der Waals surface area contributed by atoms with E-state index in [2.05, 4.69) is 12.1 Å². The van der Waals surface area contributed by atoms with Gasteiger partial charge in [-0.2, -0.15) is 21.0 Å². The minimum Gasteiger partial charge on any atom is -0.495 e. The molecule has 0 unspecified atom stereocenters. The van der Waals surface area contributed by atoms with Crippen molar-refractivity contribution in [3.8, 4) is 55.3 Å². The SMILES string of the molecule is COc1cc(C=C(C#N)C#N)sc1C1=Cc2sc3c(c2C12CCCCC2)C1(CCCCC1)c1cc(-c2sc(C=C(C#N)C#N)cc2OC)sc1-3. The Balaban J connectivity index is 1.30. The third kappa shape index (κ3) is 4.85. The van der Waals surface area contributed by atoms with Gasteiger partial charge in [-0.3, -0.25) is 0 Å². The van der Waals surface area contributed by atoms with Crippen molar-refractivity contribution >= 4 is 69.1 Å². The number of hydrogen-bond donors (Lipinski definition) is 0. The lowest BCUT2D eigenvalue weighted by Crippen LogP contribution is -2.34. The summed E-state index contributed by atoms with van der Waals surface area (Å²) in [4.78, 5) is 9.24. The number of thiophene rings is 4. The number of methoxy groups -OCH3 is 2. The molecule has 0 amide bonds. The lowest BCUT2D eigenvalue weighted by molar-refractivity contribution is 0.334. The van der Waals surface area contributed by atoms with Crippen molar-refractivity contribution in [1.82, 2.24) is 0 Å². The number of fused-ring (bicyclic) bond motifs is 8. The molecular formula is C40H32N4O2S4. The lowest BCUT2D eigenvalue weighted by Gasteiger charge is -2.42. The molecule has 248 valence electrons. The minimum absolute atomic E-state index is 0.0283. The number of rotatable bonds is 6. The summed E-state index contributed by atoms with van der Waals surface area (Å²) in [6, 6.07) is 14.3. The molecule has 8 rings (SSSR count). The van der Waals surface area contributed by atoms with Crippen molar-refractivity contribution in [2.75, 3.05) is 14.2 Å². The van der Waals surface area contributed by atoms with Gasteiger partial charge in [0.15, 0.2) is 0 Å². The highest BCUT2D eigenvalue weighted by Gasteiger charge is 2.55. The van der Waals surface area contributed by atoms with Gasteiger partial charge in [0, 0.05) is 40.1 Å². The van der Waals surface area contributed by atoms with Crippen LogP contribution < -0.4 is 9.47 Å². The molecule has 2 saturated carbocycles. The first-order valence-electron chi connectivity index (χ1n) is 16.9. The van der Waals surface area contributed by atoms with Crippen LogP contribution in [0.1, 0.15) is 100 Å². The molecule has 0 radical (unpaired) electrons. The number of hydrogen-bond acceptors (Lipinski definition) is 10. The highest BCUT2D eigenvalue weighted by Crippen LogP contribution is 2.69.